The van der Waals surface area contributed by atoms with Crippen molar-refractivity contribution in [3.05, 3.63) is 10.9 Å². The van der Waals surface area contributed by atoms with E-state index >= 15 is 0 Å². The van der Waals surface area contributed by atoms with Crippen LogP contribution in [0.15, 0.2) is 6.07 Å². The van der Waals surface area contributed by atoms with E-state index in [1.54, 1.807) is 20.2 Å². The molecule has 1 fully saturated rings. The molecule has 106 valence electrons. The van der Waals surface area contributed by atoms with Gasteiger partial charge in [0.2, 0.25) is 0 Å². The summed E-state index contributed by atoms with van der Waals surface area (Å²) >= 11 is 1.32. The van der Waals surface area contributed by atoms with Gasteiger partial charge >= 0.3 is 0 Å². The SMILES string of the molecule is CN(C)C(=O)c1sc(N2CCS(=O)(=O)CC2)cc1N. The van der Waals surface area contributed by atoms with Gasteiger partial charge in [-0.1, -0.05) is 0 Å². The summed E-state index contributed by atoms with van der Waals surface area (Å²) in [5.41, 5.74) is 6.31. The van der Waals surface area contributed by atoms with Crippen LogP contribution in [-0.4, -0.2) is 57.9 Å². The molecule has 0 atom stereocenters. The summed E-state index contributed by atoms with van der Waals surface area (Å²) in [6, 6.07) is 1.75. The van der Waals surface area contributed by atoms with Crippen molar-refractivity contribution in [1.82, 2.24) is 4.90 Å². The van der Waals surface area contributed by atoms with Crippen LogP contribution in [0.3, 0.4) is 0 Å². The first-order valence-electron chi connectivity index (χ1n) is 5.86. The molecule has 0 unspecified atom stereocenters. The number of rotatable bonds is 2. The van der Waals surface area contributed by atoms with E-state index in [9.17, 15) is 13.2 Å². The molecule has 0 bridgehead atoms. The summed E-state index contributed by atoms with van der Waals surface area (Å²) < 4.78 is 22.8. The van der Waals surface area contributed by atoms with E-state index in [0.717, 1.165) is 5.00 Å². The second-order valence-corrected chi connectivity index (χ2v) is 8.04. The number of nitrogen functional groups attached to an aromatic ring is 1. The maximum Gasteiger partial charge on any atom is 0.265 e. The summed E-state index contributed by atoms with van der Waals surface area (Å²) in [6.07, 6.45) is 0. The lowest BCUT2D eigenvalue weighted by Crippen LogP contribution is -2.39. The normalized spacial score (nSPS) is 18.3. The second-order valence-electron chi connectivity index (χ2n) is 4.71. The standard InChI is InChI=1S/C11H17N3O3S2/c1-13(2)11(15)10-8(12)7-9(18-10)14-3-5-19(16,17)6-4-14/h7H,3-6,12H2,1-2H3. The van der Waals surface area contributed by atoms with Gasteiger partial charge in [0, 0.05) is 27.2 Å². The largest absolute Gasteiger partial charge is 0.397 e. The highest BCUT2D eigenvalue weighted by molar-refractivity contribution is 7.91. The molecule has 1 aromatic rings. The van der Waals surface area contributed by atoms with Crippen molar-refractivity contribution in [3.63, 3.8) is 0 Å². The van der Waals surface area contributed by atoms with Gasteiger partial charge in [-0.15, -0.1) is 11.3 Å². The number of hydrogen-bond donors (Lipinski definition) is 1. The zero-order valence-electron chi connectivity index (χ0n) is 10.9. The zero-order chi connectivity index (χ0) is 14.2. The molecule has 2 N–H and O–H groups in total. The van der Waals surface area contributed by atoms with E-state index in [1.807, 2.05) is 4.90 Å². The first-order valence-corrected chi connectivity index (χ1v) is 8.50. The number of nitrogens with zero attached hydrogens (tertiary/aromatic N) is 2. The molecule has 0 aliphatic carbocycles. The molecule has 0 saturated carbocycles. The van der Waals surface area contributed by atoms with E-state index in [2.05, 4.69) is 0 Å². The Bertz CT molecular complexity index is 578. The van der Waals surface area contributed by atoms with Crippen LogP contribution in [0.5, 0.6) is 0 Å². The number of sulfone groups is 1. The molecule has 1 aliphatic heterocycles. The Balaban J connectivity index is 2.19. The number of carbonyl (C=O) groups is 1. The van der Waals surface area contributed by atoms with Crippen molar-refractivity contribution < 1.29 is 13.2 Å². The van der Waals surface area contributed by atoms with Crippen molar-refractivity contribution in [2.24, 2.45) is 0 Å². The molecule has 1 saturated heterocycles. The monoisotopic (exact) mass is 303 g/mol. The Hall–Kier alpha value is -1.28. The number of anilines is 2. The Morgan fingerprint density at radius 1 is 1.37 bits per heavy atom. The second kappa shape index (κ2) is 5.01. The molecule has 0 aromatic carbocycles. The molecule has 2 heterocycles. The third-order valence-corrected chi connectivity index (χ3v) is 5.81. The summed E-state index contributed by atoms with van der Waals surface area (Å²) in [7, 11) is 0.450. The Kier molecular flexibility index (Phi) is 3.73. The fraction of sp³-hybridized carbons (Fsp3) is 0.545. The highest BCUT2D eigenvalue weighted by Gasteiger charge is 2.25. The predicted octanol–water partition coefficient (Wildman–Crippen LogP) is 0.267. The molecule has 19 heavy (non-hydrogen) atoms. The van der Waals surface area contributed by atoms with Gasteiger partial charge < -0.3 is 15.5 Å². The Morgan fingerprint density at radius 2 is 1.95 bits per heavy atom. The first kappa shape index (κ1) is 14.1. The predicted molar refractivity (Wildman–Crippen MR) is 77.6 cm³/mol. The Morgan fingerprint density at radius 3 is 2.47 bits per heavy atom. The number of carbonyl (C=O) groups excluding carboxylic acids is 1. The lowest BCUT2D eigenvalue weighted by Gasteiger charge is -2.27. The van der Waals surface area contributed by atoms with Gasteiger partial charge in [0.15, 0.2) is 9.84 Å². The van der Waals surface area contributed by atoms with Crippen molar-refractivity contribution >= 4 is 37.8 Å². The topological polar surface area (TPSA) is 83.7 Å². The lowest BCUT2D eigenvalue weighted by atomic mass is 10.3. The van der Waals surface area contributed by atoms with Gasteiger partial charge in [-0.3, -0.25) is 4.79 Å². The number of nitrogens with two attached hydrogens (primary N) is 1. The van der Waals surface area contributed by atoms with Crippen LogP contribution >= 0.6 is 11.3 Å². The highest BCUT2D eigenvalue weighted by atomic mass is 32.2. The molecule has 0 spiro atoms. The fourth-order valence-corrected chi connectivity index (χ4v) is 4.21. The van der Waals surface area contributed by atoms with E-state index in [1.165, 1.54) is 16.2 Å². The average Bonchev–Trinajstić information content (AvgIpc) is 2.70. The van der Waals surface area contributed by atoms with E-state index < -0.39 is 9.84 Å². The van der Waals surface area contributed by atoms with Crippen LogP contribution < -0.4 is 10.6 Å². The zero-order valence-corrected chi connectivity index (χ0v) is 12.6. The van der Waals surface area contributed by atoms with Crippen LogP contribution in [0.2, 0.25) is 0 Å². The summed E-state index contributed by atoms with van der Waals surface area (Å²) in [6.45, 7) is 0.912. The first-order chi connectivity index (χ1) is 8.80. The smallest absolute Gasteiger partial charge is 0.265 e. The van der Waals surface area contributed by atoms with Crippen LogP contribution in [0.25, 0.3) is 0 Å². The van der Waals surface area contributed by atoms with Crippen LogP contribution in [-0.2, 0) is 9.84 Å². The third-order valence-electron chi connectivity index (χ3n) is 3.00. The van der Waals surface area contributed by atoms with Crippen molar-refractivity contribution in [2.45, 2.75) is 0 Å². The van der Waals surface area contributed by atoms with Gasteiger partial charge in [0.1, 0.15) is 4.88 Å². The minimum Gasteiger partial charge on any atom is -0.397 e. The highest BCUT2D eigenvalue weighted by Crippen LogP contribution is 2.33. The summed E-state index contributed by atoms with van der Waals surface area (Å²) in [4.78, 5) is 15.9. The number of amides is 1. The molecular formula is C11H17N3O3S2. The summed E-state index contributed by atoms with van der Waals surface area (Å²) in [5, 5.41) is 0.859. The minimum absolute atomic E-state index is 0.126. The molecule has 0 radical (unpaired) electrons. The van der Waals surface area contributed by atoms with Crippen LogP contribution in [0, 0.1) is 0 Å². The van der Waals surface area contributed by atoms with Crippen molar-refractivity contribution in [2.75, 3.05) is 49.3 Å². The molecular weight excluding hydrogens is 286 g/mol. The quantitative estimate of drug-likeness (QED) is 0.847. The van der Waals surface area contributed by atoms with Gasteiger partial charge in [0.05, 0.1) is 22.2 Å². The van der Waals surface area contributed by atoms with E-state index in [0.29, 0.717) is 23.7 Å². The van der Waals surface area contributed by atoms with Gasteiger partial charge in [-0.25, -0.2) is 8.42 Å². The van der Waals surface area contributed by atoms with Crippen molar-refractivity contribution in [1.29, 1.82) is 0 Å². The van der Waals surface area contributed by atoms with E-state index in [4.69, 9.17) is 5.73 Å². The van der Waals surface area contributed by atoms with Crippen LogP contribution in [0.1, 0.15) is 9.67 Å². The van der Waals surface area contributed by atoms with E-state index in [-0.39, 0.29) is 17.4 Å². The minimum atomic E-state index is -2.90. The molecule has 2 rings (SSSR count). The fourth-order valence-electron chi connectivity index (χ4n) is 1.85. The van der Waals surface area contributed by atoms with Gasteiger partial charge in [0.25, 0.3) is 5.91 Å². The maximum atomic E-state index is 11.9. The molecule has 1 aromatic heterocycles. The van der Waals surface area contributed by atoms with Crippen LogP contribution in [0.4, 0.5) is 10.7 Å². The van der Waals surface area contributed by atoms with Gasteiger partial charge in [-0.05, 0) is 6.07 Å². The lowest BCUT2D eigenvalue weighted by molar-refractivity contribution is 0.0833. The molecule has 1 amide bonds. The van der Waals surface area contributed by atoms with Gasteiger partial charge in [-0.2, -0.15) is 0 Å². The number of thiophene rings is 1. The third kappa shape index (κ3) is 3.01. The average molecular weight is 303 g/mol. The summed E-state index contributed by atoms with van der Waals surface area (Å²) in [5.74, 6) is 0.183. The number of hydrogen-bond acceptors (Lipinski definition) is 6. The molecule has 1 aliphatic rings. The molecule has 8 heteroatoms. The molecule has 6 nitrogen and oxygen atoms in total. The van der Waals surface area contributed by atoms with Crippen molar-refractivity contribution in [3.8, 4) is 0 Å². The maximum absolute atomic E-state index is 11.9. The Labute approximate surface area is 116 Å².